The number of hydrogen-bond acceptors (Lipinski definition) is 6. The fraction of sp³-hybridized carbons (Fsp3) is 0.259. The van der Waals surface area contributed by atoms with Crippen LogP contribution in [0.15, 0.2) is 60.7 Å². The van der Waals surface area contributed by atoms with Gasteiger partial charge in [-0.05, 0) is 60.4 Å². The highest BCUT2D eigenvalue weighted by atomic mass is 19.3. The molecular weight excluding hydrogens is 488 g/mol. The third kappa shape index (κ3) is 4.08. The van der Waals surface area contributed by atoms with Crippen molar-refractivity contribution < 1.29 is 42.8 Å². The SMILES string of the molecule is O=C(O)c1ccc([C@H]2C[C@@H](NC(=O)C3(c4ccc5c(c4)OC(F)(F)O5)CC3)c3ccc(O)cc3O2)cc1. The Hall–Kier alpha value is -4.34. The van der Waals surface area contributed by atoms with Crippen LogP contribution < -0.4 is 19.5 Å². The van der Waals surface area contributed by atoms with Crippen LogP contribution >= 0.6 is 0 Å². The second-order valence-electron chi connectivity index (χ2n) is 9.43. The maximum absolute atomic E-state index is 13.6. The summed E-state index contributed by atoms with van der Waals surface area (Å²) in [5.74, 6) is -1.10. The van der Waals surface area contributed by atoms with Crippen LogP contribution in [0.4, 0.5) is 8.78 Å². The molecule has 6 rings (SSSR count). The van der Waals surface area contributed by atoms with Gasteiger partial charge in [0.25, 0.3) is 0 Å². The Morgan fingerprint density at radius 3 is 2.35 bits per heavy atom. The summed E-state index contributed by atoms with van der Waals surface area (Å²) in [5, 5.41) is 22.3. The molecule has 0 radical (unpaired) electrons. The molecule has 1 amide bonds. The van der Waals surface area contributed by atoms with Gasteiger partial charge < -0.3 is 29.7 Å². The van der Waals surface area contributed by atoms with Crippen LogP contribution in [-0.2, 0) is 10.2 Å². The Kier molecular flexibility index (Phi) is 5.05. The molecule has 0 aromatic heterocycles. The summed E-state index contributed by atoms with van der Waals surface area (Å²) in [6, 6.07) is 14.9. The van der Waals surface area contributed by atoms with Crippen LogP contribution in [0, 0.1) is 0 Å². The Morgan fingerprint density at radius 2 is 1.65 bits per heavy atom. The van der Waals surface area contributed by atoms with Crippen molar-refractivity contribution >= 4 is 11.9 Å². The first-order valence-corrected chi connectivity index (χ1v) is 11.7. The van der Waals surface area contributed by atoms with Gasteiger partial charge in [-0.3, -0.25) is 4.79 Å². The molecule has 2 atom stereocenters. The molecule has 3 N–H and O–H groups in total. The number of ether oxygens (including phenoxy) is 3. The quantitative estimate of drug-likeness (QED) is 0.452. The van der Waals surface area contributed by atoms with Gasteiger partial charge in [0.1, 0.15) is 17.6 Å². The molecule has 3 aromatic rings. The molecule has 0 spiro atoms. The lowest BCUT2D eigenvalue weighted by Gasteiger charge is -2.34. The number of carboxylic acids is 1. The summed E-state index contributed by atoms with van der Waals surface area (Å²) in [4.78, 5) is 24.8. The van der Waals surface area contributed by atoms with Gasteiger partial charge in [0.15, 0.2) is 11.5 Å². The second kappa shape index (κ2) is 8.09. The number of phenolic OH excluding ortho intramolecular Hbond substituents is 1. The maximum Gasteiger partial charge on any atom is 0.586 e. The number of hydrogen-bond donors (Lipinski definition) is 3. The lowest BCUT2D eigenvalue weighted by molar-refractivity contribution is -0.286. The highest BCUT2D eigenvalue weighted by Gasteiger charge is 2.53. The summed E-state index contributed by atoms with van der Waals surface area (Å²) in [6.07, 6.45) is -2.80. The monoisotopic (exact) mass is 509 g/mol. The van der Waals surface area contributed by atoms with Gasteiger partial charge >= 0.3 is 12.3 Å². The van der Waals surface area contributed by atoms with E-state index in [-0.39, 0.29) is 28.7 Å². The number of nitrogens with one attached hydrogen (secondary N) is 1. The van der Waals surface area contributed by atoms with E-state index in [2.05, 4.69) is 14.8 Å². The molecule has 190 valence electrons. The molecule has 1 fully saturated rings. The molecule has 1 aliphatic carbocycles. The number of phenols is 1. The Balaban J connectivity index is 1.27. The fourth-order valence-corrected chi connectivity index (χ4v) is 4.95. The molecule has 8 nitrogen and oxygen atoms in total. The summed E-state index contributed by atoms with van der Waals surface area (Å²) in [6.45, 7) is 0. The number of benzene rings is 3. The molecular formula is C27H21F2NO7. The number of aromatic hydroxyl groups is 1. The predicted octanol–water partition coefficient (Wildman–Crippen LogP) is 4.82. The first kappa shape index (κ1) is 23.1. The third-order valence-electron chi connectivity index (χ3n) is 7.06. The highest BCUT2D eigenvalue weighted by Crippen LogP contribution is 2.53. The minimum atomic E-state index is -3.74. The van der Waals surface area contributed by atoms with E-state index in [9.17, 15) is 28.6 Å². The topological polar surface area (TPSA) is 114 Å². The van der Waals surface area contributed by atoms with Gasteiger partial charge in [-0.15, -0.1) is 8.78 Å². The lowest BCUT2D eigenvalue weighted by Crippen LogP contribution is -2.39. The summed E-state index contributed by atoms with van der Waals surface area (Å²) >= 11 is 0. The standard InChI is InChI=1S/C27H21F2NO7/c28-27(29)36-20-8-5-16(11-23(20)37-27)26(9-10-26)25(34)30-19-13-21(14-1-3-15(4-2-14)24(32)33)35-22-12-17(31)6-7-18(19)22/h1-8,11-12,19,21,31H,9-10,13H2,(H,30,34)(H,32,33)/t19-,21-/m1/s1. The number of fused-ring (bicyclic) bond motifs is 2. The minimum absolute atomic E-state index is 0.00141. The molecule has 0 bridgehead atoms. The van der Waals surface area contributed by atoms with E-state index in [0.717, 1.165) is 5.56 Å². The van der Waals surface area contributed by atoms with E-state index in [1.807, 2.05) is 0 Å². The second-order valence-corrected chi connectivity index (χ2v) is 9.43. The smallest absolute Gasteiger partial charge is 0.508 e. The molecule has 0 unspecified atom stereocenters. The molecule has 3 aliphatic rings. The van der Waals surface area contributed by atoms with Gasteiger partial charge in [0.2, 0.25) is 5.91 Å². The van der Waals surface area contributed by atoms with E-state index < -0.39 is 29.8 Å². The molecule has 37 heavy (non-hydrogen) atoms. The number of halogens is 2. The number of amides is 1. The van der Waals surface area contributed by atoms with E-state index in [0.29, 0.717) is 36.1 Å². The van der Waals surface area contributed by atoms with Crippen LogP contribution in [0.3, 0.4) is 0 Å². The van der Waals surface area contributed by atoms with E-state index in [1.165, 1.54) is 36.4 Å². The van der Waals surface area contributed by atoms with E-state index >= 15 is 0 Å². The summed E-state index contributed by atoms with van der Waals surface area (Å²) < 4.78 is 42.1. The summed E-state index contributed by atoms with van der Waals surface area (Å²) in [7, 11) is 0. The Morgan fingerprint density at radius 1 is 0.919 bits per heavy atom. The van der Waals surface area contributed by atoms with Crippen LogP contribution in [0.5, 0.6) is 23.0 Å². The van der Waals surface area contributed by atoms with Crippen molar-refractivity contribution in [1.29, 1.82) is 0 Å². The number of rotatable bonds is 5. The first-order chi connectivity index (χ1) is 17.6. The lowest BCUT2D eigenvalue weighted by atomic mass is 9.90. The fourth-order valence-electron chi connectivity index (χ4n) is 4.95. The minimum Gasteiger partial charge on any atom is -0.508 e. The summed E-state index contributed by atoms with van der Waals surface area (Å²) in [5.41, 5.74) is 1.22. The van der Waals surface area contributed by atoms with Gasteiger partial charge in [0.05, 0.1) is 17.0 Å². The molecule has 2 aliphatic heterocycles. The van der Waals surface area contributed by atoms with Crippen molar-refractivity contribution in [3.8, 4) is 23.0 Å². The van der Waals surface area contributed by atoms with Crippen molar-refractivity contribution in [3.05, 3.63) is 82.9 Å². The van der Waals surface area contributed by atoms with Gasteiger partial charge in [-0.2, -0.15) is 0 Å². The zero-order chi connectivity index (χ0) is 25.9. The number of aromatic carboxylic acids is 1. The average molecular weight is 509 g/mol. The van der Waals surface area contributed by atoms with Crippen molar-refractivity contribution in [2.45, 2.75) is 43.1 Å². The highest BCUT2D eigenvalue weighted by molar-refractivity contribution is 5.92. The van der Waals surface area contributed by atoms with Crippen LogP contribution in [0.1, 0.15) is 58.5 Å². The van der Waals surface area contributed by atoms with Crippen LogP contribution in [0.2, 0.25) is 0 Å². The van der Waals surface area contributed by atoms with E-state index in [1.54, 1.807) is 24.3 Å². The zero-order valence-corrected chi connectivity index (χ0v) is 19.2. The zero-order valence-electron chi connectivity index (χ0n) is 19.2. The molecule has 1 saturated carbocycles. The van der Waals surface area contributed by atoms with E-state index in [4.69, 9.17) is 4.74 Å². The normalized spacial score (nSPS) is 21.9. The third-order valence-corrected chi connectivity index (χ3v) is 7.06. The van der Waals surface area contributed by atoms with Crippen molar-refractivity contribution in [1.82, 2.24) is 5.32 Å². The number of carbonyl (C=O) groups excluding carboxylic acids is 1. The van der Waals surface area contributed by atoms with Gasteiger partial charge in [0, 0.05) is 18.1 Å². The largest absolute Gasteiger partial charge is 0.586 e. The molecule has 10 heteroatoms. The van der Waals surface area contributed by atoms with Crippen LogP contribution in [-0.4, -0.2) is 28.4 Å². The average Bonchev–Trinajstić information content (AvgIpc) is 3.60. The predicted molar refractivity (Wildman–Crippen MR) is 124 cm³/mol. The van der Waals surface area contributed by atoms with Gasteiger partial charge in [-0.25, -0.2) is 4.79 Å². The van der Waals surface area contributed by atoms with Crippen molar-refractivity contribution in [2.24, 2.45) is 0 Å². The number of carbonyl (C=O) groups is 2. The van der Waals surface area contributed by atoms with Crippen molar-refractivity contribution in [3.63, 3.8) is 0 Å². The molecule has 0 saturated heterocycles. The van der Waals surface area contributed by atoms with Crippen LogP contribution in [0.25, 0.3) is 0 Å². The Labute approximate surface area is 209 Å². The van der Waals surface area contributed by atoms with Crippen molar-refractivity contribution in [2.75, 3.05) is 0 Å². The Bertz CT molecular complexity index is 1420. The molecule has 3 aromatic carbocycles. The molecule has 2 heterocycles. The number of alkyl halides is 2. The number of carboxylic acid groups (broad SMARTS) is 1. The maximum atomic E-state index is 13.6. The van der Waals surface area contributed by atoms with Gasteiger partial charge in [-0.1, -0.05) is 18.2 Å². The first-order valence-electron chi connectivity index (χ1n) is 11.7.